The monoisotopic (exact) mass is 260 g/mol. The van der Waals surface area contributed by atoms with E-state index in [0.29, 0.717) is 0 Å². The van der Waals surface area contributed by atoms with Gasteiger partial charge >= 0.3 is 5.97 Å². The molecule has 0 aliphatic carbocycles. The molecule has 0 bridgehead atoms. The molecule has 1 atom stereocenters. The number of hydrogen-bond acceptors (Lipinski definition) is 4. The summed E-state index contributed by atoms with van der Waals surface area (Å²) in [5.74, 6) is 0.437. The van der Waals surface area contributed by atoms with E-state index in [2.05, 4.69) is 16.8 Å². The van der Waals surface area contributed by atoms with Crippen molar-refractivity contribution in [2.75, 3.05) is 45.5 Å². The lowest BCUT2D eigenvalue weighted by atomic mass is 10.1. The van der Waals surface area contributed by atoms with Crippen LogP contribution in [0.2, 0.25) is 0 Å². The number of thioether (sulfide) groups is 1. The van der Waals surface area contributed by atoms with E-state index in [1.54, 1.807) is 11.8 Å². The van der Waals surface area contributed by atoms with Gasteiger partial charge in [-0.2, -0.15) is 0 Å². The number of nitrogens with zero attached hydrogens (tertiary/aromatic N) is 2. The summed E-state index contributed by atoms with van der Waals surface area (Å²) in [4.78, 5) is 15.8. The number of rotatable bonds is 6. The van der Waals surface area contributed by atoms with Crippen molar-refractivity contribution in [3.63, 3.8) is 0 Å². The van der Waals surface area contributed by atoms with Crippen LogP contribution in [0.1, 0.15) is 13.8 Å². The van der Waals surface area contributed by atoms with E-state index in [9.17, 15) is 4.79 Å². The fourth-order valence-electron chi connectivity index (χ4n) is 1.93. The van der Waals surface area contributed by atoms with Crippen molar-refractivity contribution in [1.82, 2.24) is 9.80 Å². The van der Waals surface area contributed by atoms with Crippen molar-refractivity contribution in [3.8, 4) is 0 Å². The van der Waals surface area contributed by atoms with Crippen molar-refractivity contribution >= 4 is 17.7 Å². The van der Waals surface area contributed by atoms with Crippen LogP contribution in [-0.4, -0.2) is 71.6 Å². The van der Waals surface area contributed by atoms with Crippen molar-refractivity contribution in [2.45, 2.75) is 19.1 Å². The first kappa shape index (κ1) is 14.8. The molecule has 0 amide bonds. The second-order valence-corrected chi connectivity index (χ2v) is 6.27. The molecule has 1 aliphatic heterocycles. The molecule has 0 aromatic carbocycles. The van der Waals surface area contributed by atoms with Gasteiger partial charge in [-0.1, -0.05) is 13.8 Å². The van der Waals surface area contributed by atoms with Gasteiger partial charge < -0.3 is 10.0 Å². The van der Waals surface area contributed by atoms with Crippen molar-refractivity contribution < 1.29 is 9.90 Å². The summed E-state index contributed by atoms with van der Waals surface area (Å²) in [5.41, 5.74) is 0. The molecule has 1 fully saturated rings. The Labute approximate surface area is 108 Å². The van der Waals surface area contributed by atoms with Gasteiger partial charge in [-0.05, 0) is 13.0 Å². The Morgan fingerprint density at radius 2 is 1.88 bits per heavy atom. The van der Waals surface area contributed by atoms with Crippen LogP contribution in [-0.2, 0) is 4.79 Å². The standard InChI is InChI=1S/C12H24N2O2S/c1-10(2)11(12(15)16)17-9-8-14-6-4-13(3)5-7-14/h10-11H,4-9H2,1-3H3,(H,15,16). The minimum Gasteiger partial charge on any atom is -0.480 e. The molecule has 17 heavy (non-hydrogen) atoms. The first-order chi connectivity index (χ1) is 8.00. The van der Waals surface area contributed by atoms with Gasteiger partial charge in [0.15, 0.2) is 0 Å². The average Bonchev–Trinajstić information content (AvgIpc) is 2.25. The number of hydrogen-bond donors (Lipinski definition) is 1. The third-order valence-corrected chi connectivity index (χ3v) is 4.67. The Hall–Kier alpha value is -0.260. The molecule has 0 saturated carbocycles. The van der Waals surface area contributed by atoms with E-state index < -0.39 is 5.97 Å². The van der Waals surface area contributed by atoms with Gasteiger partial charge in [0.05, 0.1) is 0 Å². The minimum absolute atomic E-state index is 0.199. The number of carbonyl (C=O) groups is 1. The van der Waals surface area contributed by atoms with Crippen LogP contribution in [0, 0.1) is 5.92 Å². The van der Waals surface area contributed by atoms with Crippen LogP contribution in [0.15, 0.2) is 0 Å². The molecule has 1 rings (SSSR count). The quantitative estimate of drug-likeness (QED) is 0.774. The third-order valence-electron chi connectivity index (χ3n) is 3.15. The predicted octanol–water partition coefficient (Wildman–Crippen LogP) is 1.08. The summed E-state index contributed by atoms with van der Waals surface area (Å²) in [6.07, 6.45) is 0. The lowest BCUT2D eigenvalue weighted by molar-refractivity contribution is -0.137. The van der Waals surface area contributed by atoms with Crippen molar-refractivity contribution in [3.05, 3.63) is 0 Å². The summed E-state index contributed by atoms with van der Waals surface area (Å²) in [6.45, 7) is 9.42. The number of likely N-dealkylation sites (N-methyl/N-ethyl adjacent to an activating group) is 1. The Bertz CT molecular complexity index is 241. The highest BCUT2D eigenvalue weighted by atomic mass is 32.2. The summed E-state index contributed by atoms with van der Waals surface area (Å²) >= 11 is 1.58. The molecule has 100 valence electrons. The van der Waals surface area contributed by atoms with Crippen LogP contribution >= 0.6 is 11.8 Å². The summed E-state index contributed by atoms with van der Waals surface area (Å²) in [5, 5.41) is 8.81. The fraction of sp³-hybridized carbons (Fsp3) is 0.917. The maximum atomic E-state index is 11.0. The second kappa shape index (κ2) is 7.24. The minimum atomic E-state index is -0.677. The highest BCUT2D eigenvalue weighted by Crippen LogP contribution is 2.19. The van der Waals surface area contributed by atoms with Crippen LogP contribution in [0.25, 0.3) is 0 Å². The molecule has 0 radical (unpaired) electrons. The Balaban J connectivity index is 2.20. The van der Waals surface area contributed by atoms with Crippen molar-refractivity contribution in [1.29, 1.82) is 0 Å². The summed E-state index contributed by atoms with van der Waals surface area (Å²) in [6, 6.07) is 0. The van der Waals surface area contributed by atoms with E-state index >= 15 is 0 Å². The van der Waals surface area contributed by atoms with E-state index in [0.717, 1.165) is 38.5 Å². The molecular formula is C12H24N2O2S. The van der Waals surface area contributed by atoms with Gasteiger partial charge in [0.2, 0.25) is 0 Å². The third kappa shape index (κ3) is 5.27. The number of carboxylic acids is 1. The summed E-state index contributed by atoms with van der Waals surface area (Å²) < 4.78 is 0. The summed E-state index contributed by atoms with van der Waals surface area (Å²) in [7, 11) is 2.14. The number of aliphatic carboxylic acids is 1. The molecule has 1 unspecified atom stereocenters. The van der Waals surface area contributed by atoms with Gasteiger partial charge in [-0.25, -0.2) is 0 Å². The SMILES string of the molecule is CC(C)C(SCCN1CCN(C)CC1)C(=O)O. The zero-order valence-electron chi connectivity index (χ0n) is 11.1. The van der Waals surface area contributed by atoms with Gasteiger partial charge in [-0.15, -0.1) is 11.8 Å². The van der Waals surface area contributed by atoms with Gasteiger partial charge in [0, 0.05) is 38.5 Å². The number of piperazine rings is 1. The van der Waals surface area contributed by atoms with Crippen LogP contribution in [0.5, 0.6) is 0 Å². The molecule has 1 saturated heterocycles. The lowest BCUT2D eigenvalue weighted by Crippen LogP contribution is -2.45. The Kier molecular flexibility index (Phi) is 6.30. The molecular weight excluding hydrogens is 236 g/mol. The average molecular weight is 260 g/mol. The molecule has 1 N–H and O–H groups in total. The molecule has 1 heterocycles. The molecule has 5 heteroatoms. The van der Waals surface area contributed by atoms with E-state index in [1.807, 2.05) is 13.8 Å². The Morgan fingerprint density at radius 3 is 2.35 bits per heavy atom. The first-order valence-corrected chi connectivity index (χ1v) is 7.31. The zero-order chi connectivity index (χ0) is 12.8. The number of carboxylic acid groups (broad SMARTS) is 1. The smallest absolute Gasteiger partial charge is 0.316 e. The normalized spacial score (nSPS) is 20.7. The maximum Gasteiger partial charge on any atom is 0.316 e. The molecule has 0 aromatic heterocycles. The zero-order valence-corrected chi connectivity index (χ0v) is 11.9. The van der Waals surface area contributed by atoms with E-state index in [1.165, 1.54) is 0 Å². The van der Waals surface area contributed by atoms with E-state index in [4.69, 9.17) is 5.11 Å². The van der Waals surface area contributed by atoms with Gasteiger partial charge in [0.25, 0.3) is 0 Å². The van der Waals surface area contributed by atoms with E-state index in [-0.39, 0.29) is 11.2 Å². The molecule has 0 spiro atoms. The van der Waals surface area contributed by atoms with Gasteiger partial charge in [-0.3, -0.25) is 9.69 Å². The molecule has 0 aromatic rings. The fourth-order valence-corrected chi connectivity index (χ4v) is 3.07. The Morgan fingerprint density at radius 1 is 1.29 bits per heavy atom. The highest BCUT2D eigenvalue weighted by molar-refractivity contribution is 8.00. The topological polar surface area (TPSA) is 43.8 Å². The van der Waals surface area contributed by atoms with Crippen LogP contribution in [0.3, 0.4) is 0 Å². The van der Waals surface area contributed by atoms with Gasteiger partial charge in [0.1, 0.15) is 5.25 Å². The largest absolute Gasteiger partial charge is 0.480 e. The predicted molar refractivity (Wildman–Crippen MR) is 72.7 cm³/mol. The maximum absolute atomic E-state index is 11.0. The highest BCUT2D eigenvalue weighted by Gasteiger charge is 2.22. The second-order valence-electron chi connectivity index (χ2n) is 5.02. The van der Waals surface area contributed by atoms with Crippen LogP contribution in [0.4, 0.5) is 0 Å². The molecule has 4 nitrogen and oxygen atoms in total. The molecule has 1 aliphatic rings. The lowest BCUT2D eigenvalue weighted by Gasteiger charge is -2.32. The van der Waals surface area contributed by atoms with Crippen LogP contribution < -0.4 is 0 Å². The first-order valence-electron chi connectivity index (χ1n) is 6.26. The van der Waals surface area contributed by atoms with Crippen molar-refractivity contribution in [2.24, 2.45) is 5.92 Å².